The Kier molecular flexibility index (Phi) is 6.72. The van der Waals surface area contributed by atoms with Crippen LogP contribution in [0, 0.1) is 29.6 Å². The fraction of sp³-hybridized carbons (Fsp3) is 0.700. The number of aliphatic hydroxyl groups is 1. The molecule has 0 spiro atoms. The zero-order valence-corrected chi connectivity index (χ0v) is 14.3. The van der Waals surface area contributed by atoms with Gasteiger partial charge in [0.2, 0.25) is 0 Å². The Bertz CT molecular complexity index is 510. The molecule has 0 aromatic rings. The smallest absolute Gasteiger partial charge is 0.163 e. The van der Waals surface area contributed by atoms with Crippen LogP contribution in [0.5, 0.6) is 0 Å². The van der Waals surface area contributed by atoms with Gasteiger partial charge < -0.3 is 14.6 Å². The lowest BCUT2D eigenvalue weighted by molar-refractivity contribution is -0.146. The van der Waals surface area contributed by atoms with E-state index in [0.717, 1.165) is 12.3 Å². The molecule has 0 unspecified atom stereocenters. The Morgan fingerprint density at radius 2 is 1.87 bits per heavy atom. The highest BCUT2D eigenvalue weighted by atomic mass is 16.7. The normalized spacial score (nSPS) is 26.6. The molecule has 0 aromatic heterocycles. The molecule has 0 amide bonds. The summed E-state index contributed by atoms with van der Waals surface area (Å²) >= 11 is 0. The van der Waals surface area contributed by atoms with E-state index in [1.807, 2.05) is 13.8 Å². The summed E-state index contributed by atoms with van der Waals surface area (Å²) in [5, 5.41) is 9.24. The van der Waals surface area contributed by atoms with E-state index in [4.69, 9.17) is 9.47 Å². The number of unbranched alkanes of at least 4 members (excludes halogenated alkanes) is 1. The van der Waals surface area contributed by atoms with E-state index in [9.17, 15) is 5.11 Å². The zero-order valence-electron chi connectivity index (χ0n) is 14.3. The number of hydrogen-bond acceptors (Lipinski definition) is 3. The Morgan fingerprint density at radius 1 is 1.17 bits per heavy atom. The Morgan fingerprint density at radius 3 is 2.57 bits per heavy atom. The fourth-order valence-corrected chi connectivity index (χ4v) is 2.88. The highest BCUT2D eigenvalue weighted by molar-refractivity contribution is 5.28. The average molecular weight is 316 g/mol. The van der Waals surface area contributed by atoms with Gasteiger partial charge in [-0.3, -0.25) is 0 Å². The molecule has 1 saturated carbocycles. The lowest BCUT2D eigenvalue weighted by Crippen LogP contribution is -2.22. The van der Waals surface area contributed by atoms with Crippen molar-refractivity contribution in [2.45, 2.75) is 82.9 Å². The van der Waals surface area contributed by atoms with Crippen molar-refractivity contribution in [2.75, 3.05) is 0 Å². The molecule has 1 N–H and O–H groups in total. The van der Waals surface area contributed by atoms with Gasteiger partial charge in [0, 0.05) is 6.42 Å². The van der Waals surface area contributed by atoms with Crippen LogP contribution in [0.3, 0.4) is 0 Å². The summed E-state index contributed by atoms with van der Waals surface area (Å²) in [6.07, 6.45) is 9.02. The molecule has 126 valence electrons. The number of aliphatic hydroxyl groups excluding tert-OH is 1. The highest BCUT2D eigenvalue weighted by Gasteiger charge is 2.40. The lowest BCUT2D eigenvalue weighted by atomic mass is 10.0. The summed E-state index contributed by atoms with van der Waals surface area (Å²) in [6.45, 7) is 7.37. The predicted molar refractivity (Wildman–Crippen MR) is 91.4 cm³/mol. The quantitative estimate of drug-likeness (QED) is 0.444. The zero-order chi connectivity index (χ0) is 16.7. The standard InChI is InChI=1S/C20H28O3/c1-4-17(21)11-6-5-7-12-18-19(23-20(2,3)22-18)13-9-8-10-16-14-15-16/h4,16-19,21H,1,8-10,12-15H2,2-3H3/t17-,18-,19-/m1/s1. The molecule has 0 bridgehead atoms. The third-order valence-corrected chi connectivity index (χ3v) is 4.23. The van der Waals surface area contributed by atoms with Crippen LogP contribution in [0.25, 0.3) is 0 Å². The molecule has 3 heteroatoms. The van der Waals surface area contributed by atoms with Crippen molar-refractivity contribution in [3.05, 3.63) is 12.7 Å². The number of rotatable bonds is 7. The molecule has 1 saturated heterocycles. The SMILES string of the molecule is C=C[C@@H](O)C#CC#CC[C@H]1OC(C)(C)O[C@@H]1CCCCC1CC1. The predicted octanol–water partition coefficient (Wildman–Crippen LogP) is 3.42. The minimum absolute atomic E-state index is 0.00422. The van der Waals surface area contributed by atoms with Gasteiger partial charge in [-0.15, -0.1) is 0 Å². The highest BCUT2D eigenvalue weighted by Crippen LogP contribution is 2.36. The monoisotopic (exact) mass is 316 g/mol. The second-order valence-corrected chi connectivity index (χ2v) is 6.90. The molecule has 0 radical (unpaired) electrons. The summed E-state index contributed by atoms with van der Waals surface area (Å²) in [6, 6.07) is 0. The number of ether oxygens (including phenoxy) is 2. The maximum absolute atomic E-state index is 9.24. The topological polar surface area (TPSA) is 38.7 Å². The van der Waals surface area contributed by atoms with E-state index in [1.165, 1.54) is 38.2 Å². The molecule has 0 aromatic carbocycles. The molecule has 2 fully saturated rings. The van der Waals surface area contributed by atoms with Gasteiger partial charge in [-0.2, -0.15) is 0 Å². The van der Waals surface area contributed by atoms with Crippen LogP contribution in [-0.2, 0) is 9.47 Å². The second-order valence-electron chi connectivity index (χ2n) is 6.90. The third-order valence-electron chi connectivity index (χ3n) is 4.23. The third kappa shape index (κ3) is 6.80. The molecule has 2 aliphatic rings. The molecule has 3 nitrogen and oxygen atoms in total. The molecule has 1 aliphatic heterocycles. The summed E-state index contributed by atoms with van der Waals surface area (Å²) in [5.74, 6) is 11.5. The molecule has 1 heterocycles. The molecule has 3 atom stereocenters. The maximum atomic E-state index is 9.24. The first kappa shape index (κ1) is 18.1. The van der Waals surface area contributed by atoms with Crippen molar-refractivity contribution in [2.24, 2.45) is 5.92 Å². The van der Waals surface area contributed by atoms with Crippen LogP contribution >= 0.6 is 0 Å². The second kappa shape index (κ2) is 8.55. The van der Waals surface area contributed by atoms with Crippen molar-refractivity contribution in [3.63, 3.8) is 0 Å². The van der Waals surface area contributed by atoms with Gasteiger partial charge in [-0.05, 0) is 38.0 Å². The first-order valence-electron chi connectivity index (χ1n) is 8.65. The van der Waals surface area contributed by atoms with Crippen molar-refractivity contribution in [1.82, 2.24) is 0 Å². The summed E-state index contributed by atoms with van der Waals surface area (Å²) in [7, 11) is 0. The van der Waals surface area contributed by atoms with Gasteiger partial charge in [-0.1, -0.05) is 56.6 Å². The first-order chi connectivity index (χ1) is 11.0. The van der Waals surface area contributed by atoms with Crippen LogP contribution < -0.4 is 0 Å². The average Bonchev–Trinajstić information content (AvgIpc) is 3.27. The minimum Gasteiger partial charge on any atom is -0.377 e. The van der Waals surface area contributed by atoms with E-state index < -0.39 is 11.9 Å². The summed E-state index contributed by atoms with van der Waals surface area (Å²) in [5.41, 5.74) is 0. The maximum Gasteiger partial charge on any atom is 0.163 e. The van der Waals surface area contributed by atoms with Gasteiger partial charge in [0.15, 0.2) is 5.79 Å². The van der Waals surface area contributed by atoms with Crippen LogP contribution in [0.1, 0.15) is 58.8 Å². The molecule has 1 aliphatic carbocycles. The van der Waals surface area contributed by atoms with Crippen LogP contribution in [-0.4, -0.2) is 29.2 Å². The van der Waals surface area contributed by atoms with Crippen molar-refractivity contribution in [1.29, 1.82) is 0 Å². The Labute approximate surface area is 140 Å². The van der Waals surface area contributed by atoms with Gasteiger partial charge in [-0.25, -0.2) is 0 Å². The van der Waals surface area contributed by atoms with Crippen LogP contribution in [0.15, 0.2) is 12.7 Å². The molecule has 23 heavy (non-hydrogen) atoms. The van der Waals surface area contributed by atoms with E-state index in [2.05, 4.69) is 30.3 Å². The summed E-state index contributed by atoms with van der Waals surface area (Å²) in [4.78, 5) is 0. The van der Waals surface area contributed by atoms with Gasteiger partial charge >= 0.3 is 0 Å². The number of hydrogen-bond donors (Lipinski definition) is 1. The Balaban J connectivity index is 1.77. The van der Waals surface area contributed by atoms with Crippen LogP contribution in [0.2, 0.25) is 0 Å². The van der Waals surface area contributed by atoms with E-state index in [0.29, 0.717) is 6.42 Å². The summed E-state index contributed by atoms with van der Waals surface area (Å²) < 4.78 is 12.0. The molecule has 2 rings (SSSR count). The van der Waals surface area contributed by atoms with Crippen molar-refractivity contribution < 1.29 is 14.6 Å². The fourth-order valence-electron chi connectivity index (χ4n) is 2.88. The van der Waals surface area contributed by atoms with E-state index >= 15 is 0 Å². The largest absolute Gasteiger partial charge is 0.377 e. The van der Waals surface area contributed by atoms with Crippen LogP contribution in [0.4, 0.5) is 0 Å². The van der Waals surface area contributed by atoms with E-state index in [1.54, 1.807) is 0 Å². The van der Waals surface area contributed by atoms with Crippen molar-refractivity contribution in [3.8, 4) is 23.7 Å². The molecular weight excluding hydrogens is 288 g/mol. The van der Waals surface area contributed by atoms with Gasteiger partial charge in [0.05, 0.1) is 12.2 Å². The Hall–Kier alpha value is -1.26. The first-order valence-corrected chi connectivity index (χ1v) is 8.65. The lowest BCUT2D eigenvalue weighted by Gasteiger charge is -2.16. The van der Waals surface area contributed by atoms with Gasteiger partial charge in [0.1, 0.15) is 6.10 Å². The van der Waals surface area contributed by atoms with Crippen molar-refractivity contribution >= 4 is 0 Å². The van der Waals surface area contributed by atoms with Gasteiger partial charge in [0.25, 0.3) is 0 Å². The van der Waals surface area contributed by atoms with E-state index in [-0.39, 0.29) is 12.2 Å². The minimum atomic E-state index is -0.812. The molecular formula is C20H28O3.